The van der Waals surface area contributed by atoms with E-state index in [1.54, 1.807) is 11.9 Å². The highest BCUT2D eigenvalue weighted by Crippen LogP contribution is 2.36. The molecule has 0 heterocycles. The fourth-order valence-electron chi connectivity index (χ4n) is 3.13. The van der Waals surface area contributed by atoms with Gasteiger partial charge in [-0.05, 0) is 36.1 Å². The van der Waals surface area contributed by atoms with E-state index < -0.39 is 10.9 Å². The van der Waals surface area contributed by atoms with Gasteiger partial charge in [0.2, 0.25) is 5.43 Å². The standard InChI is InChI=1S/C22H23NO3/c1-5-26-18-9-7-6-8-17(18)23(4)20-19(21(24)22(20)25)16-12-10-15(11-13-16)14(2)3/h6-14H,5H2,1-4H3. The molecule has 0 N–H and O–H groups in total. The van der Waals surface area contributed by atoms with Crippen LogP contribution in [0.3, 0.4) is 0 Å². The van der Waals surface area contributed by atoms with Gasteiger partial charge in [0.25, 0.3) is 5.43 Å². The van der Waals surface area contributed by atoms with Gasteiger partial charge in [0.15, 0.2) is 0 Å². The second-order valence-corrected chi connectivity index (χ2v) is 6.62. The summed E-state index contributed by atoms with van der Waals surface area (Å²) in [4.78, 5) is 26.3. The molecule has 0 aromatic heterocycles. The zero-order valence-corrected chi connectivity index (χ0v) is 15.6. The zero-order valence-electron chi connectivity index (χ0n) is 15.6. The average Bonchev–Trinajstić information content (AvgIpc) is 2.65. The molecule has 0 spiro atoms. The predicted molar refractivity (Wildman–Crippen MR) is 107 cm³/mol. The summed E-state index contributed by atoms with van der Waals surface area (Å²) in [7, 11) is 1.79. The molecule has 0 aliphatic carbocycles. The van der Waals surface area contributed by atoms with Gasteiger partial charge in [-0.1, -0.05) is 50.2 Å². The Morgan fingerprint density at radius 2 is 1.62 bits per heavy atom. The lowest BCUT2D eigenvalue weighted by atomic mass is 9.94. The molecule has 0 saturated carbocycles. The Morgan fingerprint density at radius 3 is 2.23 bits per heavy atom. The van der Waals surface area contributed by atoms with Gasteiger partial charge in [-0.2, -0.15) is 0 Å². The third-order valence-electron chi connectivity index (χ3n) is 4.61. The summed E-state index contributed by atoms with van der Waals surface area (Å²) in [5, 5.41) is 0. The van der Waals surface area contributed by atoms with E-state index in [2.05, 4.69) is 13.8 Å². The molecule has 134 valence electrons. The lowest BCUT2D eigenvalue weighted by Gasteiger charge is -2.25. The topological polar surface area (TPSA) is 46.6 Å². The first-order chi connectivity index (χ1) is 12.5. The molecule has 0 aliphatic rings. The smallest absolute Gasteiger partial charge is 0.250 e. The van der Waals surface area contributed by atoms with Crippen molar-refractivity contribution in [3.8, 4) is 16.9 Å². The maximum atomic E-state index is 12.3. The Kier molecular flexibility index (Phi) is 4.94. The van der Waals surface area contributed by atoms with Crippen LogP contribution in [0.25, 0.3) is 11.1 Å². The highest BCUT2D eigenvalue weighted by atomic mass is 16.5. The molecule has 0 unspecified atom stereocenters. The molecule has 26 heavy (non-hydrogen) atoms. The lowest BCUT2D eigenvalue weighted by Crippen LogP contribution is -2.39. The van der Waals surface area contributed by atoms with Crippen LogP contribution in [-0.4, -0.2) is 13.7 Å². The van der Waals surface area contributed by atoms with E-state index in [1.165, 1.54) is 5.56 Å². The lowest BCUT2D eigenvalue weighted by molar-refractivity contribution is 0.341. The molecule has 0 radical (unpaired) electrons. The molecule has 0 saturated heterocycles. The highest BCUT2D eigenvalue weighted by molar-refractivity contribution is 5.86. The normalized spacial score (nSPS) is 11.1. The molecule has 3 rings (SSSR count). The van der Waals surface area contributed by atoms with Crippen LogP contribution >= 0.6 is 0 Å². The van der Waals surface area contributed by atoms with Crippen LogP contribution in [-0.2, 0) is 0 Å². The Morgan fingerprint density at radius 1 is 0.962 bits per heavy atom. The first kappa shape index (κ1) is 17.9. The summed E-state index contributed by atoms with van der Waals surface area (Å²) < 4.78 is 5.66. The quantitative estimate of drug-likeness (QED) is 0.625. The number of nitrogens with zero attached hydrogens (tertiary/aromatic N) is 1. The van der Waals surface area contributed by atoms with E-state index >= 15 is 0 Å². The number of hydrogen-bond donors (Lipinski definition) is 0. The van der Waals surface area contributed by atoms with Gasteiger partial charge >= 0.3 is 0 Å². The van der Waals surface area contributed by atoms with Crippen molar-refractivity contribution in [3.05, 3.63) is 74.5 Å². The first-order valence-electron chi connectivity index (χ1n) is 8.84. The summed E-state index contributed by atoms with van der Waals surface area (Å²) in [6, 6.07) is 15.4. The largest absolute Gasteiger partial charge is 0.492 e. The number of benzene rings is 2. The molecule has 0 bridgehead atoms. The highest BCUT2D eigenvalue weighted by Gasteiger charge is 2.27. The van der Waals surface area contributed by atoms with Gasteiger partial charge in [0.1, 0.15) is 11.4 Å². The van der Waals surface area contributed by atoms with Crippen molar-refractivity contribution in [2.45, 2.75) is 26.7 Å². The maximum absolute atomic E-state index is 12.3. The molecule has 0 fully saturated rings. The van der Waals surface area contributed by atoms with Crippen molar-refractivity contribution in [2.75, 3.05) is 18.6 Å². The number of anilines is 2. The van der Waals surface area contributed by atoms with Crippen LogP contribution < -0.4 is 20.5 Å². The van der Waals surface area contributed by atoms with E-state index in [9.17, 15) is 9.59 Å². The fourth-order valence-corrected chi connectivity index (χ4v) is 3.13. The number of ether oxygens (including phenoxy) is 1. The van der Waals surface area contributed by atoms with E-state index in [4.69, 9.17) is 4.74 Å². The van der Waals surface area contributed by atoms with Crippen molar-refractivity contribution in [1.29, 1.82) is 0 Å². The maximum Gasteiger partial charge on any atom is 0.250 e. The molecular weight excluding hydrogens is 326 g/mol. The third-order valence-corrected chi connectivity index (χ3v) is 4.61. The van der Waals surface area contributed by atoms with E-state index in [0.717, 1.165) is 11.3 Å². The summed E-state index contributed by atoms with van der Waals surface area (Å²) in [5.41, 5.74) is 2.73. The molecule has 4 heteroatoms. The van der Waals surface area contributed by atoms with Crippen molar-refractivity contribution < 1.29 is 4.74 Å². The molecule has 0 amide bonds. The SMILES string of the molecule is CCOc1ccccc1N(C)c1c(-c2ccc(C(C)C)cc2)c(=O)c1=O. The Balaban J connectivity index is 2.04. The molecule has 3 aromatic rings. The molecule has 4 nitrogen and oxygen atoms in total. The zero-order chi connectivity index (χ0) is 18.8. The molecular formula is C22H23NO3. The number of rotatable bonds is 6. The minimum atomic E-state index is -0.457. The van der Waals surface area contributed by atoms with Gasteiger partial charge in [0.05, 0.1) is 17.9 Å². The number of para-hydroxylation sites is 2. The fraction of sp³-hybridized carbons (Fsp3) is 0.273. The van der Waals surface area contributed by atoms with Gasteiger partial charge in [-0.15, -0.1) is 0 Å². The van der Waals surface area contributed by atoms with E-state index in [1.807, 2.05) is 55.5 Å². The Labute approximate surface area is 153 Å². The second kappa shape index (κ2) is 7.16. The van der Waals surface area contributed by atoms with Gasteiger partial charge in [-0.25, -0.2) is 0 Å². The van der Waals surface area contributed by atoms with Gasteiger partial charge in [-0.3, -0.25) is 9.59 Å². The van der Waals surface area contributed by atoms with Crippen LogP contribution in [0, 0.1) is 0 Å². The van der Waals surface area contributed by atoms with Crippen LogP contribution in [0.5, 0.6) is 5.75 Å². The minimum Gasteiger partial charge on any atom is -0.492 e. The first-order valence-corrected chi connectivity index (χ1v) is 8.84. The molecule has 3 aromatic carbocycles. The summed E-state index contributed by atoms with van der Waals surface area (Å²) in [5.74, 6) is 1.10. The second-order valence-electron chi connectivity index (χ2n) is 6.62. The van der Waals surface area contributed by atoms with Crippen LogP contribution in [0.2, 0.25) is 0 Å². The average molecular weight is 349 g/mol. The van der Waals surface area contributed by atoms with Gasteiger partial charge < -0.3 is 9.64 Å². The van der Waals surface area contributed by atoms with Crippen molar-refractivity contribution in [2.24, 2.45) is 0 Å². The Bertz CT molecular complexity index is 980. The summed E-state index contributed by atoms with van der Waals surface area (Å²) in [6.45, 7) is 6.68. The number of hydrogen-bond acceptors (Lipinski definition) is 4. The van der Waals surface area contributed by atoms with Crippen LogP contribution in [0.1, 0.15) is 32.3 Å². The molecule has 0 atom stereocenters. The van der Waals surface area contributed by atoms with Crippen molar-refractivity contribution in [3.63, 3.8) is 0 Å². The summed E-state index contributed by atoms with van der Waals surface area (Å²) in [6.07, 6.45) is 0. The monoisotopic (exact) mass is 349 g/mol. The minimum absolute atomic E-state index is 0.414. The Hall–Kier alpha value is -2.88. The molecule has 0 aliphatic heterocycles. The van der Waals surface area contributed by atoms with E-state index in [0.29, 0.717) is 29.5 Å². The predicted octanol–water partition coefficient (Wildman–Crippen LogP) is 4.24. The van der Waals surface area contributed by atoms with Crippen molar-refractivity contribution >= 4 is 11.4 Å². The van der Waals surface area contributed by atoms with Crippen LogP contribution in [0.15, 0.2) is 58.1 Å². The third kappa shape index (κ3) is 3.03. The van der Waals surface area contributed by atoms with Gasteiger partial charge in [0, 0.05) is 7.05 Å². The van der Waals surface area contributed by atoms with Crippen molar-refractivity contribution in [1.82, 2.24) is 0 Å². The summed E-state index contributed by atoms with van der Waals surface area (Å²) >= 11 is 0. The van der Waals surface area contributed by atoms with E-state index in [-0.39, 0.29) is 0 Å². The van der Waals surface area contributed by atoms with Crippen LogP contribution in [0.4, 0.5) is 11.4 Å².